The molecule has 1 amide bonds. The lowest BCUT2D eigenvalue weighted by molar-refractivity contribution is -0.166. The zero-order chi connectivity index (χ0) is 21.0. The molecule has 4 rings (SSSR count). The van der Waals surface area contributed by atoms with Crippen LogP contribution in [0.5, 0.6) is 0 Å². The van der Waals surface area contributed by atoms with Crippen LogP contribution >= 0.6 is 0 Å². The SMILES string of the molecule is Cc1cccc2cc(C(=O)NS(=O)(=O)c3ccc(C4(C(F)(F)F)N=N4)cc3)nn12. The number of carbonyl (C=O) groups excluding carboxylic acids is 1. The number of carbonyl (C=O) groups is 1. The van der Waals surface area contributed by atoms with E-state index < -0.39 is 27.8 Å². The highest BCUT2D eigenvalue weighted by atomic mass is 32.2. The standard InChI is InChI=1S/C17H12F3N5O3S/c1-10-3-2-4-12-9-14(21-25(10)12)15(26)22-29(27,28)13-7-5-11(6-8-13)16(23-24-16)17(18,19)20/h2-9H,1H3,(H,22,26). The Labute approximate surface area is 162 Å². The maximum absolute atomic E-state index is 13.0. The van der Waals surface area contributed by atoms with Crippen LogP contribution in [0.15, 0.2) is 63.7 Å². The van der Waals surface area contributed by atoms with Gasteiger partial charge in [-0.2, -0.15) is 18.3 Å². The van der Waals surface area contributed by atoms with Crippen LogP contribution < -0.4 is 4.72 Å². The van der Waals surface area contributed by atoms with Crippen LogP contribution in [0.3, 0.4) is 0 Å². The summed E-state index contributed by atoms with van der Waals surface area (Å²) < 4.78 is 67.3. The van der Waals surface area contributed by atoms with E-state index in [1.54, 1.807) is 25.1 Å². The molecule has 8 nitrogen and oxygen atoms in total. The fourth-order valence-electron chi connectivity index (χ4n) is 2.81. The van der Waals surface area contributed by atoms with Gasteiger partial charge >= 0.3 is 11.8 Å². The summed E-state index contributed by atoms with van der Waals surface area (Å²) in [4.78, 5) is 12.0. The Kier molecular flexibility index (Phi) is 4.01. The normalized spacial score (nSPS) is 15.4. The summed E-state index contributed by atoms with van der Waals surface area (Å²) in [6, 6.07) is 10.5. The quantitative estimate of drug-likeness (QED) is 0.696. The second kappa shape index (κ2) is 6.11. The van der Waals surface area contributed by atoms with E-state index in [0.29, 0.717) is 5.52 Å². The van der Waals surface area contributed by atoms with Crippen molar-refractivity contribution in [3.05, 3.63) is 65.5 Å². The highest BCUT2D eigenvalue weighted by molar-refractivity contribution is 7.90. The Morgan fingerprint density at radius 2 is 1.76 bits per heavy atom. The molecular weight excluding hydrogens is 411 g/mol. The number of benzene rings is 1. The molecule has 0 bridgehead atoms. The summed E-state index contributed by atoms with van der Waals surface area (Å²) in [5.74, 6) is -0.962. The van der Waals surface area contributed by atoms with E-state index in [1.165, 1.54) is 10.6 Å². The smallest absolute Gasteiger partial charge is 0.266 e. The van der Waals surface area contributed by atoms with Crippen molar-refractivity contribution in [1.82, 2.24) is 14.3 Å². The number of amides is 1. The van der Waals surface area contributed by atoms with Gasteiger partial charge in [-0.15, -0.1) is 10.2 Å². The summed E-state index contributed by atoms with van der Waals surface area (Å²) >= 11 is 0. The predicted molar refractivity (Wildman–Crippen MR) is 93.6 cm³/mol. The van der Waals surface area contributed by atoms with Crippen molar-refractivity contribution in [3.63, 3.8) is 0 Å². The molecule has 0 spiro atoms. The van der Waals surface area contributed by atoms with Crippen LogP contribution in [0.4, 0.5) is 13.2 Å². The second-order valence-corrected chi connectivity index (χ2v) is 8.04. The average Bonchev–Trinajstić information content (AvgIpc) is 3.35. The number of hydrogen-bond acceptors (Lipinski definition) is 6. The second-order valence-electron chi connectivity index (χ2n) is 6.36. The topological polar surface area (TPSA) is 105 Å². The van der Waals surface area contributed by atoms with Gasteiger partial charge in [0, 0.05) is 11.3 Å². The van der Waals surface area contributed by atoms with Gasteiger partial charge in [0.15, 0.2) is 5.69 Å². The number of hydrogen-bond donors (Lipinski definition) is 1. The molecule has 2 aromatic heterocycles. The number of fused-ring (bicyclic) bond motifs is 1. The first-order valence-electron chi connectivity index (χ1n) is 8.17. The molecule has 0 fully saturated rings. The molecule has 0 aliphatic carbocycles. The largest absolute Gasteiger partial charge is 0.442 e. The Hall–Kier alpha value is -3.28. The molecule has 0 saturated heterocycles. The van der Waals surface area contributed by atoms with E-state index in [-0.39, 0.29) is 16.2 Å². The molecule has 1 aliphatic rings. The molecule has 1 aliphatic heterocycles. The van der Waals surface area contributed by atoms with Crippen LogP contribution in [-0.2, 0) is 15.7 Å². The Morgan fingerprint density at radius 1 is 1.10 bits per heavy atom. The number of aromatic nitrogens is 2. The highest BCUT2D eigenvalue weighted by Gasteiger charge is 2.65. The molecule has 150 valence electrons. The third-order valence-corrected chi connectivity index (χ3v) is 5.74. The van der Waals surface area contributed by atoms with E-state index in [1.807, 2.05) is 4.72 Å². The van der Waals surface area contributed by atoms with Gasteiger partial charge in [0.2, 0.25) is 0 Å². The van der Waals surface area contributed by atoms with Crippen molar-refractivity contribution >= 4 is 21.4 Å². The molecule has 3 heterocycles. The van der Waals surface area contributed by atoms with Gasteiger partial charge in [0.05, 0.1) is 10.4 Å². The summed E-state index contributed by atoms with van der Waals surface area (Å²) in [6.07, 6.45) is -4.72. The van der Waals surface area contributed by atoms with Gasteiger partial charge in [-0.05, 0) is 37.3 Å². The lowest BCUT2D eigenvalue weighted by Gasteiger charge is -2.15. The number of alkyl halides is 3. The Morgan fingerprint density at radius 3 is 2.31 bits per heavy atom. The predicted octanol–water partition coefficient (Wildman–Crippen LogP) is 2.94. The van der Waals surface area contributed by atoms with E-state index in [4.69, 9.17) is 0 Å². The van der Waals surface area contributed by atoms with Gasteiger partial charge < -0.3 is 0 Å². The third-order valence-electron chi connectivity index (χ3n) is 4.40. The van der Waals surface area contributed by atoms with Crippen molar-refractivity contribution in [2.75, 3.05) is 0 Å². The monoisotopic (exact) mass is 423 g/mol. The molecule has 0 saturated carbocycles. The minimum Gasteiger partial charge on any atom is -0.266 e. The molecule has 1 aromatic carbocycles. The molecule has 29 heavy (non-hydrogen) atoms. The summed E-state index contributed by atoms with van der Waals surface area (Å²) in [7, 11) is -4.32. The molecule has 12 heteroatoms. The lowest BCUT2D eigenvalue weighted by Crippen LogP contribution is -2.32. The highest BCUT2D eigenvalue weighted by Crippen LogP contribution is 2.52. The van der Waals surface area contributed by atoms with E-state index in [2.05, 4.69) is 15.3 Å². The van der Waals surface area contributed by atoms with Crippen LogP contribution in [0.1, 0.15) is 21.7 Å². The molecular formula is C17H12F3N5O3S. The van der Waals surface area contributed by atoms with Gasteiger partial charge in [-0.25, -0.2) is 17.7 Å². The summed E-state index contributed by atoms with van der Waals surface area (Å²) in [6.45, 7) is 1.77. The molecule has 0 radical (unpaired) electrons. The van der Waals surface area contributed by atoms with Gasteiger partial charge in [-0.1, -0.05) is 18.2 Å². The van der Waals surface area contributed by atoms with Gasteiger partial charge in [0.1, 0.15) is 0 Å². The van der Waals surface area contributed by atoms with Gasteiger partial charge in [-0.3, -0.25) is 4.79 Å². The number of sulfonamides is 1. The summed E-state index contributed by atoms with van der Waals surface area (Å²) in [5.41, 5.74) is -1.73. The number of rotatable bonds is 4. The first kappa shape index (κ1) is 19.1. The first-order valence-corrected chi connectivity index (χ1v) is 9.66. The molecule has 3 aromatic rings. The molecule has 0 unspecified atom stereocenters. The zero-order valence-electron chi connectivity index (χ0n) is 14.7. The summed E-state index contributed by atoms with van der Waals surface area (Å²) in [5, 5.41) is 10.2. The average molecular weight is 423 g/mol. The number of aryl methyl sites for hydroxylation is 1. The van der Waals surface area contributed by atoms with Crippen LogP contribution in [0.25, 0.3) is 5.52 Å². The first-order chi connectivity index (χ1) is 13.5. The zero-order valence-corrected chi connectivity index (χ0v) is 15.5. The number of pyridine rings is 1. The van der Waals surface area contributed by atoms with Crippen molar-refractivity contribution in [3.8, 4) is 0 Å². The van der Waals surface area contributed by atoms with E-state index >= 15 is 0 Å². The maximum atomic E-state index is 13.0. The molecule has 1 N–H and O–H groups in total. The number of nitrogens with one attached hydrogen (secondary N) is 1. The minimum absolute atomic E-state index is 0.119. The molecule has 0 atom stereocenters. The van der Waals surface area contributed by atoms with Crippen molar-refractivity contribution in [2.45, 2.75) is 23.7 Å². The van der Waals surface area contributed by atoms with Crippen molar-refractivity contribution in [2.24, 2.45) is 10.2 Å². The fraction of sp³-hybridized carbons (Fsp3) is 0.176. The van der Waals surface area contributed by atoms with Crippen LogP contribution in [-0.4, -0.2) is 30.1 Å². The maximum Gasteiger partial charge on any atom is 0.442 e. The van der Waals surface area contributed by atoms with Crippen LogP contribution in [0, 0.1) is 6.92 Å². The van der Waals surface area contributed by atoms with E-state index in [0.717, 1.165) is 30.0 Å². The van der Waals surface area contributed by atoms with Gasteiger partial charge in [0.25, 0.3) is 15.9 Å². The van der Waals surface area contributed by atoms with Crippen LogP contribution in [0.2, 0.25) is 0 Å². The van der Waals surface area contributed by atoms with E-state index in [9.17, 15) is 26.4 Å². The Bertz CT molecular complexity index is 1260. The number of halogens is 3. The fourth-order valence-corrected chi connectivity index (χ4v) is 3.77. The van der Waals surface area contributed by atoms with Crippen molar-refractivity contribution in [1.29, 1.82) is 0 Å². The lowest BCUT2D eigenvalue weighted by atomic mass is 10.0. The third kappa shape index (κ3) is 3.14. The van der Waals surface area contributed by atoms with Crippen molar-refractivity contribution < 1.29 is 26.4 Å². The Balaban J connectivity index is 1.57. The number of nitrogens with zero attached hydrogens (tertiary/aromatic N) is 4. The minimum atomic E-state index is -4.72.